The summed E-state index contributed by atoms with van der Waals surface area (Å²) < 4.78 is 5.07. The number of nitrogens with two attached hydrogens (primary N) is 1. The van der Waals surface area contributed by atoms with Gasteiger partial charge in [-0.25, -0.2) is 4.79 Å². The summed E-state index contributed by atoms with van der Waals surface area (Å²) >= 11 is 0. The monoisotopic (exact) mass is 271 g/mol. The minimum Gasteiger partial charge on any atom is -0.497 e. The van der Waals surface area contributed by atoms with E-state index in [0.717, 1.165) is 5.56 Å². The van der Waals surface area contributed by atoms with Crippen molar-refractivity contribution in [1.82, 2.24) is 0 Å². The van der Waals surface area contributed by atoms with Crippen LogP contribution in [0.1, 0.15) is 11.1 Å². The first-order valence-electron chi connectivity index (χ1n) is 6.27. The largest absolute Gasteiger partial charge is 0.497 e. The number of hydrogen-bond donors (Lipinski definition) is 2. The topological polar surface area (TPSA) is 72.5 Å². The third-order valence-electron chi connectivity index (χ3n) is 3.31. The van der Waals surface area contributed by atoms with Crippen LogP contribution in [-0.2, 0) is 16.8 Å². The van der Waals surface area contributed by atoms with Crippen LogP contribution in [0.5, 0.6) is 5.75 Å². The van der Waals surface area contributed by atoms with Crippen molar-refractivity contribution in [3.05, 3.63) is 65.7 Å². The van der Waals surface area contributed by atoms with Crippen LogP contribution in [0.3, 0.4) is 0 Å². The lowest BCUT2D eigenvalue weighted by Gasteiger charge is -2.25. The molecule has 0 spiro atoms. The summed E-state index contributed by atoms with van der Waals surface area (Å²) in [5.74, 6) is -0.382. The van der Waals surface area contributed by atoms with Crippen LogP contribution >= 0.6 is 0 Å². The fourth-order valence-corrected chi connectivity index (χ4v) is 2.11. The fourth-order valence-electron chi connectivity index (χ4n) is 2.11. The number of rotatable bonds is 5. The molecule has 1 atom stereocenters. The van der Waals surface area contributed by atoms with Crippen molar-refractivity contribution in [3.63, 3.8) is 0 Å². The van der Waals surface area contributed by atoms with Gasteiger partial charge in [-0.2, -0.15) is 0 Å². The summed E-state index contributed by atoms with van der Waals surface area (Å²) in [5.41, 5.74) is 6.13. The summed E-state index contributed by atoms with van der Waals surface area (Å²) in [5, 5.41) is 9.52. The van der Waals surface area contributed by atoms with Gasteiger partial charge in [0.25, 0.3) is 0 Å². The second-order valence-electron chi connectivity index (χ2n) is 4.67. The van der Waals surface area contributed by atoms with E-state index in [9.17, 15) is 9.90 Å². The van der Waals surface area contributed by atoms with Gasteiger partial charge in [-0.1, -0.05) is 42.5 Å². The molecule has 4 heteroatoms. The Balaban J connectivity index is 2.35. The molecule has 0 saturated heterocycles. The smallest absolute Gasteiger partial charge is 0.328 e. The highest BCUT2D eigenvalue weighted by atomic mass is 16.5. The average Bonchev–Trinajstić information content (AvgIpc) is 2.48. The number of carboxylic acid groups (broad SMARTS) is 1. The number of ether oxygens (including phenoxy) is 1. The summed E-state index contributed by atoms with van der Waals surface area (Å²) in [6, 6.07) is 16.2. The molecule has 2 rings (SSSR count). The van der Waals surface area contributed by atoms with Gasteiger partial charge in [0.1, 0.15) is 11.3 Å². The first-order valence-corrected chi connectivity index (χ1v) is 6.27. The molecule has 0 aliphatic rings. The van der Waals surface area contributed by atoms with E-state index in [1.807, 2.05) is 30.3 Å². The Morgan fingerprint density at radius 1 is 1.15 bits per heavy atom. The molecule has 0 radical (unpaired) electrons. The number of aliphatic carboxylic acids is 1. The maximum Gasteiger partial charge on any atom is 0.328 e. The van der Waals surface area contributed by atoms with Gasteiger partial charge in [0, 0.05) is 6.42 Å². The molecule has 20 heavy (non-hydrogen) atoms. The number of methoxy groups -OCH3 is 1. The van der Waals surface area contributed by atoms with Crippen LogP contribution in [0.2, 0.25) is 0 Å². The third kappa shape index (κ3) is 2.81. The maximum absolute atomic E-state index is 11.6. The molecule has 104 valence electrons. The van der Waals surface area contributed by atoms with Gasteiger partial charge in [0.05, 0.1) is 7.11 Å². The van der Waals surface area contributed by atoms with Gasteiger partial charge in [0.15, 0.2) is 0 Å². The molecule has 1 unspecified atom stereocenters. The summed E-state index contributed by atoms with van der Waals surface area (Å²) in [6.07, 6.45) is 0.232. The van der Waals surface area contributed by atoms with Crippen LogP contribution in [0.25, 0.3) is 0 Å². The standard InChI is InChI=1S/C16H17NO3/c1-20-14-9-7-13(8-10-14)16(17,15(18)19)11-12-5-3-2-4-6-12/h2-10H,11,17H2,1H3,(H,18,19). The van der Waals surface area contributed by atoms with Gasteiger partial charge >= 0.3 is 5.97 Å². The fraction of sp³-hybridized carbons (Fsp3) is 0.188. The quantitative estimate of drug-likeness (QED) is 0.874. The van der Waals surface area contributed by atoms with Crippen molar-refractivity contribution >= 4 is 5.97 Å². The number of carbonyl (C=O) groups is 1. The number of benzene rings is 2. The van der Waals surface area contributed by atoms with E-state index < -0.39 is 11.5 Å². The van der Waals surface area contributed by atoms with E-state index in [4.69, 9.17) is 10.5 Å². The normalized spacial score (nSPS) is 13.5. The molecule has 0 bridgehead atoms. The minimum atomic E-state index is -1.45. The molecule has 0 amide bonds. The van der Waals surface area contributed by atoms with Crippen molar-refractivity contribution in [2.45, 2.75) is 12.0 Å². The van der Waals surface area contributed by atoms with E-state index in [-0.39, 0.29) is 6.42 Å². The lowest BCUT2D eigenvalue weighted by molar-refractivity contribution is -0.143. The van der Waals surface area contributed by atoms with Gasteiger partial charge < -0.3 is 15.6 Å². The van der Waals surface area contributed by atoms with Gasteiger partial charge in [-0.05, 0) is 23.3 Å². The van der Waals surface area contributed by atoms with Crippen molar-refractivity contribution < 1.29 is 14.6 Å². The average molecular weight is 271 g/mol. The maximum atomic E-state index is 11.6. The van der Waals surface area contributed by atoms with E-state index in [2.05, 4.69) is 0 Å². The lowest BCUT2D eigenvalue weighted by atomic mass is 9.85. The van der Waals surface area contributed by atoms with E-state index >= 15 is 0 Å². The zero-order chi connectivity index (χ0) is 14.6. The van der Waals surface area contributed by atoms with Gasteiger partial charge in [-0.15, -0.1) is 0 Å². The number of carboxylic acids is 1. The van der Waals surface area contributed by atoms with Crippen molar-refractivity contribution in [1.29, 1.82) is 0 Å². The zero-order valence-electron chi connectivity index (χ0n) is 11.2. The van der Waals surface area contributed by atoms with Crippen LogP contribution in [-0.4, -0.2) is 18.2 Å². The summed E-state index contributed by atoms with van der Waals surface area (Å²) in [7, 11) is 1.56. The van der Waals surface area contributed by atoms with E-state index in [1.54, 1.807) is 31.4 Å². The van der Waals surface area contributed by atoms with Gasteiger partial charge in [-0.3, -0.25) is 0 Å². The van der Waals surface area contributed by atoms with E-state index in [0.29, 0.717) is 11.3 Å². The van der Waals surface area contributed by atoms with Crippen LogP contribution in [0.15, 0.2) is 54.6 Å². The first-order chi connectivity index (χ1) is 9.56. The molecule has 0 aromatic heterocycles. The zero-order valence-corrected chi connectivity index (χ0v) is 11.2. The predicted molar refractivity (Wildman–Crippen MR) is 76.6 cm³/mol. The molecule has 0 fully saturated rings. The Morgan fingerprint density at radius 2 is 1.75 bits per heavy atom. The van der Waals surface area contributed by atoms with Gasteiger partial charge in [0.2, 0.25) is 0 Å². The predicted octanol–water partition coefficient (Wildman–Crippen LogP) is 2.18. The molecule has 4 nitrogen and oxygen atoms in total. The Hall–Kier alpha value is -2.33. The first kappa shape index (κ1) is 14.1. The molecule has 0 saturated carbocycles. The second-order valence-corrected chi connectivity index (χ2v) is 4.67. The molecular formula is C16H17NO3. The van der Waals surface area contributed by atoms with Crippen LogP contribution in [0, 0.1) is 0 Å². The Morgan fingerprint density at radius 3 is 2.25 bits per heavy atom. The van der Waals surface area contributed by atoms with Crippen molar-refractivity contribution in [3.8, 4) is 5.75 Å². The summed E-state index contributed by atoms with van der Waals surface area (Å²) in [6.45, 7) is 0. The highest BCUT2D eigenvalue weighted by molar-refractivity contribution is 5.81. The van der Waals surface area contributed by atoms with Crippen LogP contribution in [0.4, 0.5) is 0 Å². The minimum absolute atomic E-state index is 0.232. The highest BCUT2D eigenvalue weighted by Crippen LogP contribution is 2.25. The highest BCUT2D eigenvalue weighted by Gasteiger charge is 2.36. The Labute approximate surface area is 117 Å². The molecule has 0 aliphatic heterocycles. The molecule has 2 aromatic carbocycles. The molecule has 2 aromatic rings. The van der Waals surface area contributed by atoms with E-state index in [1.165, 1.54) is 0 Å². The number of hydrogen-bond acceptors (Lipinski definition) is 3. The summed E-state index contributed by atoms with van der Waals surface area (Å²) in [4.78, 5) is 11.6. The molecule has 0 aliphatic carbocycles. The SMILES string of the molecule is COc1ccc(C(N)(Cc2ccccc2)C(=O)O)cc1. The second kappa shape index (κ2) is 5.75. The Kier molecular flexibility index (Phi) is 4.05. The van der Waals surface area contributed by atoms with Crippen LogP contribution < -0.4 is 10.5 Å². The van der Waals surface area contributed by atoms with Crippen molar-refractivity contribution in [2.75, 3.05) is 7.11 Å². The van der Waals surface area contributed by atoms with Crippen molar-refractivity contribution in [2.24, 2.45) is 5.73 Å². The molecular weight excluding hydrogens is 254 g/mol. The molecule has 0 heterocycles. The molecule has 3 N–H and O–H groups in total. The third-order valence-corrected chi connectivity index (χ3v) is 3.31. The Bertz CT molecular complexity index is 580. The lowest BCUT2D eigenvalue weighted by Crippen LogP contribution is -2.46.